The van der Waals surface area contributed by atoms with Crippen molar-refractivity contribution in [2.75, 3.05) is 19.3 Å². The molecule has 0 saturated heterocycles. The van der Waals surface area contributed by atoms with Gasteiger partial charge in [-0.2, -0.15) is 8.42 Å². The van der Waals surface area contributed by atoms with E-state index in [1.54, 1.807) is 0 Å². The minimum atomic E-state index is -4.01. The van der Waals surface area contributed by atoms with Crippen LogP contribution in [0.15, 0.2) is 12.2 Å². The molecular formula is C15H29NO4S. The molecule has 0 aromatic rings. The van der Waals surface area contributed by atoms with Crippen LogP contribution in [0.2, 0.25) is 0 Å². The van der Waals surface area contributed by atoms with Crippen molar-refractivity contribution in [1.82, 2.24) is 4.90 Å². The molecule has 0 radical (unpaired) electrons. The summed E-state index contributed by atoms with van der Waals surface area (Å²) >= 11 is 0. The summed E-state index contributed by atoms with van der Waals surface area (Å²) in [5.74, 6) is -0.664. The summed E-state index contributed by atoms with van der Waals surface area (Å²) in [5.41, 5.74) is 0. The summed E-state index contributed by atoms with van der Waals surface area (Å²) in [5, 5.41) is 0. The molecule has 0 spiro atoms. The number of hydrogen-bond donors (Lipinski definition) is 1. The molecule has 0 rings (SSSR count). The predicted octanol–water partition coefficient (Wildman–Crippen LogP) is 3.03. The lowest BCUT2D eigenvalue weighted by molar-refractivity contribution is -0.124. The second kappa shape index (κ2) is 11.7. The van der Waals surface area contributed by atoms with Gasteiger partial charge in [-0.1, -0.05) is 51.5 Å². The molecule has 0 aliphatic rings. The van der Waals surface area contributed by atoms with Crippen LogP contribution in [-0.2, 0) is 14.9 Å². The Morgan fingerprint density at radius 2 is 1.67 bits per heavy atom. The van der Waals surface area contributed by atoms with Gasteiger partial charge in [-0.3, -0.25) is 9.35 Å². The Bertz CT molecular complexity index is 404. The molecule has 0 aliphatic carbocycles. The summed E-state index contributed by atoms with van der Waals surface area (Å²) in [6.07, 6.45) is 12.8. The van der Waals surface area contributed by atoms with Gasteiger partial charge in [-0.05, 0) is 18.9 Å². The number of allylic oxidation sites excluding steroid dienone is 1. The maximum Gasteiger partial charge on any atom is 0.266 e. The average molecular weight is 319 g/mol. The highest BCUT2D eigenvalue weighted by Crippen LogP contribution is 2.08. The largest absolute Gasteiger partial charge is 0.341 e. The fourth-order valence-electron chi connectivity index (χ4n) is 1.89. The zero-order valence-electron chi connectivity index (χ0n) is 13.3. The third kappa shape index (κ3) is 13.8. The maximum atomic E-state index is 11.6. The van der Waals surface area contributed by atoms with Crippen molar-refractivity contribution in [3.05, 3.63) is 12.2 Å². The van der Waals surface area contributed by atoms with Gasteiger partial charge < -0.3 is 4.90 Å². The van der Waals surface area contributed by atoms with Gasteiger partial charge in [0.1, 0.15) is 0 Å². The molecular weight excluding hydrogens is 290 g/mol. The molecule has 6 heteroatoms. The van der Waals surface area contributed by atoms with E-state index in [0.717, 1.165) is 12.8 Å². The molecule has 124 valence electrons. The quantitative estimate of drug-likeness (QED) is 0.341. The van der Waals surface area contributed by atoms with E-state index < -0.39 is 15.9 Å². The smallest absolute Gasteiger partial charge is 0.266 e. The first kappa shape index (κ1) is 20.1. The van der Waals surface area contributed by atoms with Gasteiger partial charge in [0.05, 0.1) is 5.75 Å². The lowest BCUT2D eigenvalue weighted by Gasteiger charge is -2.13. The summed E-state index contributed by atoms with van der Waals surface area (Å²) in [6.45, 7) is 2.20. The Kier molecular flexibility index (Phi) is 11.3. The number of carbonyl (C=O) groups is 1. The predicted molar refractivity (Wildman–Crippen MR) is 85.8 cm³/mol. The summed E-state index contributed by atoms with van der Waals surface area (Å²) in [7, 11) is -2.49. The number of amides is 1. The van der Waals surface area contributed by atoms with E-state index in [2.05, 4.69) is 6.92 Å². The van der Waals surface area contributed by atoms with Crippen LogP contribution in [0.25, 0.3) is 0 Å². The Morgan fingerprint density at radius 3 is 2.24 bits per heavy atom. The van der Waals surface area contributed by atoms with E-state index in [-0.39, 0.29) is 12.5 Å². The molecule has 0 aromatic carbocycles. The van der Waals surface area contributed by atoms with E-state index >= 15 is 0 Å². The normalized spacial score (nSPS) is 12.0. The van der Waals surface area contributed by atoms with E-state index in [1.807, 2.05) is 6.08 Å². The van der Waals surface area contributed by atoms with Gasteiger partial charge in [0.25, 0.3) is 10.1 Å². The molecule has 0 bridgehead atoms. The fraction of sp³-hybridized carbons (Fsp3) is 0.800. The van der Waals surface area contributed by atoms with Gasteiger partial charge in [-0.25, -0.2) is 0 Å². The Hall–Kier alpha value is -0.880. The summed E-state index contributed by atoms with van der Waals surface area (Å²) in [4.78, 5) is 12.9. The van der Waals surface area contributed by atoms with Crippen LogP contribution in [0.4, 0.5) is 0 Å². The molecule has 0 heterocycles. The van der Waals surface area contributed by atoms with E-state index in [4.69, 9.17) is 4.55 Å². The Balaban J connectivity index is 3.66. The van der Waals surface area contributed by atoms with Crippen LogP contribution in [0.1, 0.15) is 58.3 Å². The number of rotatable bonds is 12. The fourth-order valence-corrected chi connectivity index (χ4v) is 2.40. The first-order chi connectivity index (χ1) is 9.87. The lowest BCUT2D eigenvalue weighted by Crippen LogP contribution is -2.30. The van der Waals surface area contributed by atoms with Crippen molar-refractivity contribution in [3.63, 3.8) is 0 Å². The highest BCUT2D eigenvalue weighted by atomic mass is 32.2. The van der Waals surface area contributed by atoms with Crippen LogP contribution in [0.3, 0.4) is 0 Å². The minimum absolute atomic E-state index is 0.000560. The van der Waals surface area contributed by atoms with Gasteiger partial charge in [0.2, 0.25) is 5.91 Å². The number of hydrogen-bond acceptors (Lipinski definition) is 3. The van der Waals surface area contributed by atoms with Crippen LogP contribution in [0.5, 0.6) is 0 Å². The maximum absolute atomic E-state index is 11.6. The third-order valence-electron chi connectivity index (χ3n) is 3.30. The molecule has 0 unspecified atom stereocenters. The SMILES string of the molecule is CCCCCCCCCC=CC(=O)N(C)CCS(=O)(=O)O. The number of likely N-dealkylation sites (N-methyl/N-ethyl adjacent to an activating group) is 1. The van der Waals surface area contributed by atoms with Gasteiger partial charge >= 0.3 is 0 Å². The zero-order valence-corrected chi connectivity index (χ0v) is 14.1. The number of unbranched alkanes of at least 4 members (excludes halogenated alkanes) is 7. The Morgan fingerprint density at radius 1 is 1.10 bits per heavy atom. The van der Waals surface area contributed by atoms with Crippen molar-refractivity contribution < 1.29 is 17.8 Å². The first-order valence-corrected chi connectivity index (χ1v) is 9.34. The second-order valence-corrected chi connectivity index (χ2v) is 6.93. The molecule has 0 atom stereocenters. The first-order valence-electron chi connectivity index (χ1n) is 7.73. The molecule has 0 aliphatic heterocycles. The standard InChI is InChI=1S/C15H29NO4S/c1-3-4-5-6-7-8-9-10-11-12-15(17)16(2)13-14-21(18,19)20/h11-12H,3-10,13-14H2,1-2H3,(H,18,19,20). The minimum Gasteiger partial charge on any atom is -0.341 e. The average Bonchev–Trinajstić information content (AvgIpc) is 2.41. The highest BCUT2D eigenvalue weighted by molar-refractivity contribution is 7.85. The van der Waals surface area contributed by atoms with E-state index in [0.29, 0.717) is 0 Å². The summed E-state index contributed by atoms with van der Waals surface area (Å²) in [6, 6.07) is 0. The van der Waals surface area contributed by atoms with Crippen molar-refractivity contribution >= 4 is 16.0 Å². The number of nitrogens with zero attached hydrogens (tertiary/aromatic N) is 1. The van der Waals surface area contributed by atoms with Crippen molar-refractivity contribution in [3.8, 4) is 0 Å². The topological polar surface area (TPSA) is 74.7 Å². The monoisotopic (exact) mass is 319 g/mol. The molecule has 1 N–H and O–H groups in total. The van der Waals surface area contributed by atoms with Crippen molar-refractivity contribution in [1.29, 1.82) is 0 Å². The van der Waals surface area contributed by atoms with Crippen LogP contribution < -0.4 is 0 Å². The summed E-state index contributed by atoms with van der Waals surface area (Å²) < 4.78 is 29.8. The zero-order chi connectivity index (χ0) is 16.1. The van der Waals surface area contributed by atoms with E-state index in [1.165, 1.54) is 56.5 Å². The van der Waals surface area contributed by atoms with E-state index in [9.17, 15) is 13.2 Å². The molecule has 1 amide bonds. The van der Waals surface area contributed by atoms with Crippen molar-refractivity contribution in [2.24, 2.45) is 0 Å². The van der Waals surface area contributed by atoms with Crippen LogP contribution >= 0.6 is 0 Å². The highest BCUT2D eigenvalue weighted by Gasteiger charge is 2.09. The molecule has 5 nitrogen and oxygen atoms in total. The van der Waals surface area contributed by atoms with Gasteiger partial charge in [0.15, 0.2) is 0 Å². The second-order valence-electron chi connectivity index (χ2n) is 5.36. The van der Waals surface area contributed by atoms with Gasteiger partial charge in [-0.15, -0.1) is 0 Å². The lowest BCUT2D eigenvalue weighted by atomic mass is 10.1. The Labute approximate surface area is 129 Å². The van der Waals surface area contributed by atoms with Gasteiger partial charge in [0, 0.05) is 13.6 Å². The molecule has 0 aromatic heterocycles. The van der Waals surface area contributed by atoms with Crippen LogP contribution in [0, 0.1) is 0 Å². The molecule has 21 heavy (non-hydrogen) atoms. The molecule has 0 fully saturated rings. The number of carbonyl (C=O) groups excluding carboxylic acids is 1. The molecule has 0 saturated carbocycles. The van der Waals surface area contributed by atoms with Crippen molar-refractivity contribution in [2.45, 2.75) is 58.3 Å². The van der Waals surface area contributed by atoms with Crippen LogP contribution in [-0.4, -0.2) is 43.1 Å². The third-order valence-corrected chi connectivity index (χ3v) is 3.99.